The van der Waals surface area contributed by atoms with Crippen LogP contribution in [0.5, 0.6) is 0 Å². The van der Waals surface area contributed by atoms with E-state index in [4.69, 9.17) is 4.74 Å². The summed E-state index contributed by atoms with van der Waals surface area (Å²) in [4.78, 5) is 27.9. The number of hydrogen-bond donors (Lipinski definition) is 1. The van der Waals surface area contributed by atoms with E-state index in [1.165, 1.54) is 0 Å². The van der Waals surface area contributed by atoms with Gasteiger partial charge < -0.3 is 15.0 Å². The normalized spacial score (nSPS) is 19.1. The van der Waals surface area contributed by atoms with Gasteiger partial charge in [0.2, 0.25) is 5.91 Å². The molecule has 1 fully saturated rings. The third-order valence-corrected chi connectivity index (χ3v) is 4.00. The molecule has 122 valence electrons. The van der Waals surface area contributed by atoms with E-state index in [1.54, 1.807) is 7.11 Å². The van der Waals surface area contributed by atoms with E-state index in [2.05, 4.69) is 17.1 Å². The van der Waals surface area contributed by atoms with Crippen LogP contribution < -0.4 is 5.32 Å². The molecule has 0 aromatic carbocycles. The van der Waals surface area contributed by atoms with Gasteiger partial charge in [-0.3, -0.25) is 14.5 Å². The molecular formula is C15H29N3O3. The van der Waals surface area contributed by atoms with Crippen molar-refractivity contribution in [2.45, 2.75) is 45.8 Å². The summed E-state index contributed by atoms with van der Waals surface area (Å²) in [6.45, 7) is 9.21. The molecule has 2 atom stereocenters. The SMILES string of the molecule is CC[C@H](OC)C(=O)N1CCN(CC(=O)N[C@@H](C)CC)CC1. The van der Waals surface area contributed by atoms with Crippen LogP contribution in [-0.4, -0.2) is 73.6 Å². The molecule has 1 saturated heterocycles. The molecule has 0 bridgehead atoms. The van der Waals surface area contributed by atoms with Gasteiger partial charge >= 0.3 is 0 Å². The lowest BCUT2D eigenvalue weighted by molar-refractivity contribution is -0.144. The number of nitrogens with one attached hydrogen (secondary N) is 1. The summed E-state index contributed by atoms with van der Waals surface area (Å²) in [7, 11) is 1.57. The molecule has 0 radical (unpaired) electrons. The molecule has 0 aromatic heterocycles. The molecule has 1 rings (SSSR count). The lowest BCUT2D eigenvalue weighted by Crippen LogP contribution is -2.53. The summed E-state index contributed by atoms with van der Waals surface area (Å²) in [6, 6.07) is 0.215. The van der Waals surface area contributed by atoms with Crippen molar-refractivity contribution >= 4 is 11.8 Å². The Morgan fingerprint density at radius 1 is 1.14 bits per heavy atom. The minimum Gasteiger partial charge on any atom is -0.372 e. The minimum absolute atomic E-state index is 0.0590. The fourth-order valence-corrected chi connectivity index (χ4v) is 2.40. The summed E-state index contributed by atoms with van der Waals surface area (Å²) >= 11 is 0. The molecule has 6 nitrogen and oxygen atoms in total. The van der Waals surface area contributed by atoms with Gasteiger partial charge in [-0.15, -0.1) is 0 Å². The fraction of sp³-hybridized carbons (Fsp3) is 0.867. The van der Waals surface area contributed by atoms with Gasteiger partial charge in [0.15, 0.2) is 0 Å². The predicted octanol–water partition coefficient (Wildman–Crippen LogP) is 0.470. The van der Waals surface area contributed by atoms with Crippen LogP contribution in [0, 0.1) is 0 Å². The smallest absolute Gasteiger partial charge is 0.251 e. The van der Waals surface area contributed by atoms with E-state index in [-0.39, 0.29) is 24.0 Å². The summed E-state index contributed by atoms with van der Waals surface area (Å²) in [5.41, 5.74) is 0. The van der Waals surface area contributed by atoms with E-state index in [9.17, 15) is 9.59 Å². The second-order valence-electron chi connectivity index (χ2n) is 5.61. The number of ether oxygens (including phenoxy) is 1. The Morgan fingerprint density at radius 2 is 1.76 bits per heavy atom. The summed E-state index contributed by atoms with van der Waals surface area (Å²) in [5.74, 6) is 0.121. The molecule has 0 aromatic rings. The highest BCUT2D eigenvalue weighted by Crippen LogP contribution is 2.07. The van der Waals surface area contributed by atoms with Crippen molar-refractivity contribution in [3.05, 3.63) is 0 Å². The number of nitrogens with zero attached hydrogens (tertiary/aromatic N) is 2. The maximum atomic E-state index is 12.2. The van der Waals surface area contributed by atoms with Gasteiger partial charge in [-0.1, -0.05) is 13.8 Å². The quantitative estimate of drug-likeness (QED) is 0.742. The number of hydrogen-bond acceptors (Lipinski definition) is 4. The Labute approximate surface area is 127 Å². The number of rotatable bonds is 7. The molecule has 6 heteroatoms. The number of methoxy groups -OCH3 is 1. The van der Waals surface area contributed by atoms with Crippen LogP contribution in [0.4, 0.5) is 0 Å². The van der Waals surface area contributed by atoms with Crippen LogP contribution in [-0.2, 0) is 14.3 Å². The van der Waals surface area contributed by atoms with Crippen LogP contribution in [0.15, 0.2) is 0 Å². The second kappa shape index (κ2) is 9.00. The van der Waals surface area contributed by atoms with Gasteiger partial charge in [0.1, 0.15) is 6.10 Å². The van der Waals surface area contributed by atoms with Crippen LogP contribution in [0.2, 0.25) is 0 Å². The lowest BCUT2D eigenvalue weighted by atomic mass is 10.2. The van der Waals surface area contributed by atoms with Crippen molar-refractivity contribution in [1.82, 2.24) is 15.1 Å². The zero-order valence-electron chi connectivity index (χ0n) is 13.7. The molecule has 21 heavy (non-hydrogen) atoms. The van der Waals surface area contributed by atoms with Gasteiger partial charge in [0.25, 0.3) is 5.91 Å². The molecule has 1 aliphatic heterocycles. The van der Waals surface area contributed by atoms with Gasteiger partial charge in [-0.05, 0) is 19.8 Å². The van der Waals surface area contributed by atoms with Gasteiger partial charge in [-0.2, -0.15) is 0 Å². The third-order valence-electron chi connectivity index (χ3n) is 4.00. The molecule has 0 unspecified atom stereocenters. The molecule has 1 heterocycles. The first kappa shape index (κ1) is 17.9. The maximum absolute atomic E-state index is 12.2. The van der Waals surface area contributed by atoms with E-state index >= 15 is 0 Å². The number of piperazine rings is 1. The van der Waals surface area contributed by atoms with Crippen molar-refractivity contribution in [3.8, 4) is 0 Å². The molecule has 1 N–H and O–H groups in total. The number of carbonyl (C=O) groups is 2. The summed E-state index contributed by atoms with van der Waals surface area (Å²) in [6.07, 6.45) is 1.28. The van der Waals surface area contributed by atoms with E-state index < -0.39 is 0 Å². The van der Waals surface area contributed by atoms with Crippen molar-refractivity contribution in [3.63, 3.8) is 0 Å². The molecule has 0 saturated carbocycles. The van der Waals surface area contributed by atoms with E-state index in [1.807, 2.05) is 18.7 Å². The van der Waals surface area contributed by atoms with Crippen LogP contribution in [0.3, 0.4) is 0 Å². The topological polar surface area (TPSA) is 61.9 Å². The van der Waals surface area contributed by atoms with Crippen molar-refractivity contribution < 1.29 is 14.3 Å². The molecule has 0 aliphatic carbocycles. The lowest BCUT2D eigenvalue weighted by Gasteiger charge is -2.35. The average molecular weight is 299 g/mol. The second-order valence-corrected chi connectivity index (χ2v) is 5.61. The zero-order valence-corrected chi connectivity index (χ0v) is 13.7. The van der Waals surface area contributed by atoms with Crippen LogP contribution >= 0.6 is 0 Å². The first-order valence-corrected chi connectivity index (χ1v) is 7.85. The number of amides is 2. The Kier molecular flexibility index (Phi) is 7.67. The summed E-state index contributed by atoms with van der Waals surface area (Å²) in [5, 5.41) is 2.97. The maximum Gasteiger partial charge on any atom is 0.251 e. The van der Waals surface area contributed by atoms with Gasteiger partial charge in [0.05, 0.1) is 6.54 Å². The van der Waals surface area contributed by atoms with Crippen molar-refractivity contribution in [1.29, 1.82) is 0 Å². The standard InChI is InChI=1S/C15H29N3O3/c1-5-12(3)16-14(19)11-17-7-9-18(10-8-17)15(20)13(6-2)21-4/h12-13H,5-11H2,1-4H3,(H,16,19)/t12-,13-/m0/s1. The summed E-state index contributed by atoms with van der Waals surface area (Å²) < 4.78 is 5.19. The predicted molar refractivity (Wildman–Crippen MR) is 82.0 cm³/mol. The average Bonchev–Trinajstić information content (AvgIpc) is 2.48. The third kappa shape index (κ3) is 5.63. The Morgan fingerprint density at radius 3 is 2.24 bits per heavy atom. The fourth-order valence-electron chi connectivity index (χ4n) is 2.40. The highest BCUT2D eigenvalue weighted by Gasteiger charge is 2.26. The number of carbonyl (C=O) groups excluding carboxylic acids is 2. The Hall–Kier alpha value is -1.14. The van der Waals surface area contributed by atoms with Crippen LogP contribution in [0.1, 0.15) is 33.6 Å². The largest absolute Gasteiger partial charge is 0.372 e. The van der Waals surface area contributed by atoms with Gasteiger partial charge in [0, 0.05) is 39.3 Å². The Balaban J connectivity index is 2.35. The molecule has 2 amide bonds. The monoisotopic (exact) mass is 299 g/mol. The first-order valence-electron chi connectivity index (χ1n) is 7.85. The molecule has 1 aliphatic rings. The van der Waals surface area contributed by atoms with E-state index in [0.29, 0.717) is 26.1 Å². The van der Waals surface area contributed by atoms with Crippen LogP contribution in [0.25, 0.3) is 0 Å². The highest BCUT2D eigenvalue weighted by atomic mass is 16.5. The first-order chi connectivity index (χ1) is 10.0. The van der Waals surface area contributed by atoms with E-state index in [0.717, 1.165) is 19.5 Å². The zero-order chi connectivity index (χ0) is 15.8. The van der Waals surface area contributed by atoms with Crippen molar-refractivity contribution in [2.24, 2.45) is 0 Å². The molecule has 0 spiro atoms. The van der Waals surface area contributed by atoms with Gasteiger partial charge in [-0.25, -0.2) is 0 Å². The van der Waals surface area contributed by atoms with Crippen molar-refractivity contribution in [2.75, 3.05) is 39.8 Å². The Bertz CT molecular complexity index is 337. The highest BCUT2D eigenvalue weighted by molar-refractivity contribution is 5.81. The molecular weight excluding hydrogens is 270 g/mol. The minimum atomic E-state index is -0.342.